The van der Waals surface area contributed by atoms with Crippen molar-refractivity contribution in [2.24, 2.45) is 0 Å². The van der Waals surface area contributed by atoms with E-state index < -0.39 is 20.7 Å². The number of hydrogen-bond donors (Lipinski definition) is 2. The van der Waals surface area contributed by atoms with Crippen molar-refractivity contribution in [1.29, 1.82) is 0 Å². The molecule has 0 aliphatic heterocycles. The molecule has 102 valence electrons. The predicted octanol–water partition coefficient (Wildman–Crippen LogP) is 1.66. The Hall–Kier alpha value is -1.68. The van der Waals surface area contributed by atoms with Gasteiger partial charge in [0.1, 0.15) is 4.90 Å². The van der Waals surface area contributed by atoms with Crippen LogP contribution in [0.2, 0.25) is 0 Å². The third-order valence-electron chi connectivity index (χ3n) is 2.05. The lowest BCUT2D eigenvalue weighted by atomic mass is 10.3. The Bertz CT molecular complexity index is 731. The summed E-state index contributed by atoms with van der Waals surface area (Å²) >= 11 is 2.88. The first-order valence-corrected chi connectivity index (χ1v) is 7.14. The van der Waals surface area contributed by atoms with Crippen molar-refractivity contribution in [2.75, 3.05) is 10.5 Å². The van der Waals surface area contributed by atoms with Gasteiger partial charge >= 0.3 is 6.01 Å². The van der Waals surface area contributed by atoms with Crippen LogP contribution in [0.1, 0.15) is 5.89 Å². The van der Waals surface area contributed by atoms with E-state index in [2.05, 4.69) is 26.1 Å². The number of nitrogens with zero attached hydrogens (tertiary/aromatic N) is 2. The maximum atomic E-state index is 13.8. The molecule has 1 aromatic heterocycles. The molecule has 10 heteroatoms. The second-order valence-corrected chi connectivity index (χ2v) is 6.05. The molecule has 3 N–H and O–H groups in total. The lowest BCUT2D eigenvalue weighted by Crippen LogP contribution is -2.15. The van der Waals surface area contributed by atoms with Crippen LogP contribution in [0.25, 0.3) is 0 Å². The van der Waals surface area contributed by atoms with Crippen LogP contribution in [-0.4, -0.2) is 18.6 Å². The molecular weight excluding hydrogens is 343 g/mol. The molecule has 2 rings (SSSR count). The van der Waals surface area contributed by atoms with Crippen LogP contribution in [0.15, 0.2) is 25.9 Å². The average Bonchev–Trinajstić information content (AvgIpc) is 2.68. The number of sulfonamides is 1. The fourth-order valence-corrected chi connectivity index (χ4v) is 2.96. The number of hydrogen-bond acceptors (Lipinski definition) is 6. The summed E-state index contributed by atoms with van der Waals surface area (Å²) in [4.78, 5) is -0.616. The van der Waals surface area contributed by atoms with Crippen molar-refractivity contribution in [1.82, 2.24) is 10.2 Å². The Morgan fingerprint density at radius 2 is 2.11 bits per heavy atom. The van der Waals surface area contributed by atoms with Crippen LogP contribution in [0.3, 0.4) is 0 Å². The third kappa shape index (κ3) is 2.84. The van der Waals surface area contributed by atoms with Crippen molar-refractivity contribution in [2.45, 2.75) is 11.8 Å². The van der Waals surface area contributed by atoms with Crippen molar-refractivity contribution in [3.8, 4) is 0 Å². The van der Waals surface area contributed by atoms with Crippen molar-refractivity contribution < 1.29 is 17.2 Å². The maximum Gasteiger partial charge on any atom is 0.329 e. The van der Waals surface area contributed by atoms with Gasteiger partial charge in [-0.25, -0.2) is 17.5 Å². The topological polar surface area (TPSA) is 111 Å². The SMILES string of the molecule is Cc1nnc(NS(=O)(=O)c2cc(N)cc(Br)c2F)o1. The largest absolute Gasteiger partial charge is 0.408 e. The minimum Gasteiger partial charge on any atom is -0.408 e. The quantitative estimate of drug-likeness (QED) is 0.814. The first kappa shape index (κ1) is 13.7. The number of halogens is 2. The highest BCUT2D eigenvalue weighted by atomic mass is 79.9. The van der Waals surface area contributed by atoms with E-state index in [9.17, 15) is 12.8 Å². The first-order chi connectivity index (χ1) is 8.79. The van der Waals surface area contributed by atoms with Gasteiger partial charge in [-0.05, 0) is 28.1 Å². The Morgan fingerprint density at radius 3 is 2.68 bits per heavy atom. The molecule has 1 heterocycles. The highest BCUT2D eigenvalue weighted by molar-refractivity contribution is 9.10. The number of benzene rings is 1. The number of nitrogen functional groups attached to an aromatic ring is 1. The molecule has 0 radical (unpaired) electrons. The number of aryl methyl sites for hydroxylation is 1. The second kappa shape index (κ2) is 4.78. The van der Waals surface area contributed by atoms with E-state index in [1.54, 1.807) is 0 Å². The Kier molecular flexibility index (Phi) is 3.45. The summed E-state index contributed by atoms with van der Waals surface area (Å²) in [5.41, 5.74) is 5.58. The lowest BCUT2D eigenvalue weighted by molar-refractivity contribution is 0.532. The molecule has 0 aliphatic carbocycles. The Balaban J connectivity index is 2.45. The second-order valence-electron chi connectivity index (χ2n) is 3.55. The highest BCUT2D eigenvalue weighted by Crippen LogP contribution is 2.27. The summed E-state index contributed by atoms with van der Waals surface area (Å²) in [6, 6.07) is 1.90. The van der Waals surface area contributed by atoms with E-state index in [1.165, 1.54) is 13.0 Å². The van der Waals surface area contributed by atoms with Gasteiger partial charge in [0.05, 0.1) is 4.47 Å². The number of nitrogens with two attached hydrogens (primary N) is 1. The van der Waals surface area contributed by atoms with E-state index in [-0.39, 0.29) is 22.1 Å². The van der Waals surface area contributed by atoms with Crippen molar-refractivity contribution in [3.05, 3.63) is 28.3 Å². The highest BCUT2D eigenvalue weighted by Gasteiger charge is 2.23. The van der Waals surface area contributed by atoms with Crippen LogP contribution < -0.4 is 10.5 Å². The van der Waals surface area contributed by atoms with Crippen LogP contribution in [0, 0.1) is 12.7 Å². The lowest BCUT2D eigenvalue weighted by Gasteiger charge is -2.07. The molecule has 0 saturated heterocycles. The maximum absolute atomic E-state index is 13.8. The summed E-state index contributed by atoms with van der Waals surface area (Å²) in [7, 11) is -4.21. The van der Waals surface area contributed by atoms with E-state index in [0.29, 0.717) is 0 Å². The van der Waals surface area contributed by atoms with E-state index in [1.807, 2.05) is 4.72 Å². The van der Waals surface area contributed by atoms with Crippen LogP contribution in [0.4, 0.5) is 16.1 Å². The molecule has 19 heavy (non-hydrogen) atoms. The summed E-state index contributed by atoms with van der Waals surface area (Å²) < 4.78 is 44.5. The molecule has 7 nitrogen and oxygen atoms in total. The van der Waals surface area contributed by atoms with Crippen LogP contribution in [-0.2, 0) is 10.0 Å². The monoisotopic (exact) mass is 350 g/mol. The van der Waals surface area contributed by atoms with Gasteiger partial charge in [0.15, 0.2) is 5.82 Å². The van der Waals surface area contributed by atoms with E-state index >= 15 is 0 Å². The van der Waals surface area contributed by atoms with Gasteiger partial charge in [-0.2, -0.15) is 0 Å². The number of anilines is 2. The third-order valence-corrected chi connectivity index (χ3v) is 3.95. The summed E-state index contributed by atoms with van der Waals surface area (Å²) in [5.74, 6) is -0.787. The zero-order chi connectivity index (χ0) is 14.2. The minimum absolute atomic E-state index is 0.0606. The summed E-state index contributed by atoms with van der Waals surface area (Å²) in [6.45, 7) is 1.49. The fourth-order valence-electron chi connectivity index (χ4n) is 1.29. The van der Waals surface area contributed by atoms with Gasteiger partial charge in [-0.1, -0.05) is 5.10 Å². The molecule has 0 atom stereocenters. The van der Waals surface area contributed by atoms with Crippen LogP contribution in [0.5, 0.6) is 0 Å². The number of nitrogens with one attached hydrogen (secondary N) is 1. The molecule has 0 unspecified atom stereocenters. The smallest absolute Gasteiger partial charge is 0.329 e. The molecule has 0 fully saturated rings. The van der Waals surface area contributed by atoms with Gasteiger partial charge in [0, 0.05) is 12.6 Å². The standard InChI is InChI=1S/C9H8BrFN4O3S/c1-4-13-14-9(18-4)15-19(16,17)7-3-5(12)2-6(10)8(7)11/h2-3H,12H2,1H3,(H,14,15). The van der Waals surface area contributed by atoms with E-state index in [4.69, 9.17) is 10.2 Å². The zero-order valence-corrected chi connectivity index (χ0v) is 11.9. The molecule has 1 aromatic carbocycles. The normalized spacial score (nSPS) is 11.5. The Morgan fingerprint density at radius 1 is 1.42 bits per heavy atom. The molecule has 0 spiro atoms. The van der Waals surface area contributed by atoms with E-state index in [0.717, 1.165) is 6.07 Å². The number of rotatable bonds is 3. The van der Waals surface area contributed by atoms with Gasteiger partial charge in [0.25, 0.3) is 10.0 Å². The molecule has 0 bridgehead atoms. The Labute approximate surface area is 116 Å². The van der Waals surface area contributed by atoms with Gasteiger partial charge in [0.2, 0.25) is 5.89 Å². The fraction of sp³-hybridized carbons (Fsp3) is 0.111. The molecule has 2 aromatic rings. The van der Waals surface area contributed by atoms with Crippen LogP contribution >= 0.6 is 15.9 Å². The number of aromatic nitrogens is 2. The minimum atomic E-state index is -4.21. The molecule has 0 aliphatic rings. The van der Waals surface area contributed by atoms with Crippen molar-refractivity contribution >= 4 is 37.7 Å². The van der Waals surface area contributed by atoms with Gasteiger partial charge in [-0.15, -0.1) is 5.10 Å². The summed E-state index contributed by atoms with van der Waals surface area (Å²) in [6.07, 6.45) is 0. The predicted molar refractivity (Wildman–Crippen MR) is 68.4 cm³/mol. The molecule has 0 amide bonds. The van der Waals surface area contributed by atoms with Gasteiger partial charge in [-0.3, -0.25) is 0 Å². The zero-order valence-electron chi connectivity index (χ0n) is 9.52. The summed E-state index contributed by atoms with van der Waals surface area (Å²) in [5, 5.41) is 6.91. The van der Waals surface area contributed by atoms with Crippen molar-refractivity contribution in [3.63, 3.8) is 0 Å². The van der Waals surface area contributed by atoms with Gasteiger partial charge < -0.3 is 10.2 Å². The molecular formula is C9H8BrFN4O3S. The first-order valence-electron chi connectivity index (χ1n) is 4.87. The molecule has 0 saturated carbocycles. The average molecular weight is 351 g/mol.